The van der Waals surface area contributed by atoms with Gasteiger partial charge in [-0.05, 0) is 50.1 Å². The lowest BCUT2D eigenvalue weighted by Crippen LogP contribution is -2.20. The Bertz CT molecular complexity index is 1390. The predicted molar refractivity (Wildman–Crippen MR) is 130 cm³/mol. The molecule has 0 aliphatic heterocycles. The highest BCUT2D eigenvalue weighted by Crippen LogP contribution is 2.49. The van der Waals surface area contributed by atoms with Crippen LogP contribution in [-0.4, -0.2) is 44.0 Å². The molecule has 0 radical (unpaired) electrons. The monoisotopic (exact) mass is 475 g/mol. The summed E-state index contributed by atoms with van der Waals surface area (Å²) in [6.07, 6.45) is 2.05. The first-order valence-corrected chi connectivity index (χ1v) is 11.2. The molecule has 4 aromatic rings. The minimum Gasteiger partial charge on any atom is -0.494 e. The van der Waals surface area contributed by atoms with Crippen molar-refractivity contribution in [3.8, 4) is 11.4 Å². The average Bonchev–Trinajstić information content (AvgIpc) is 3.39. The predicted octanol–water partition coefficient (Wildman–Crippen LogP) is 4.04. The summed E-state index contributed by atoms with van der Waals surface area (Å²) in [4.78, 5) is 13.6. The topological polar surface area (TPSA) is 110 Å². The van der Waals surface area contributed by atoms with Gasteiger partial charge in [0.25, 0.3) is 0 Å². The molecule has 0 bridgehead atoms. The van der Waals surface area contributed by atoms with Crippen molar-refractivity contribution in [3.63, 3.8) is 0 Å². The number of nitrogens with one attached hydrogen (secondary N) is 2. The van der Waals surface area contributed by atoms with Gasteiger partial charge in [-0.15, -0.1) is 0 Å². The maximum Gasteiger partial charge on any atom is 0.229 e. The van der Waals surface area contributed by atoms with E-state index in [1.807, 2.05) is 25.1 Å². The average molecular weight is 476 g/mol. The number of hydrogen-bond acceptors (Lipinski definition) is 8. The number of aryl methyl sites for hydroxylation is 1. The second kappa shape index (κ2) is 8.62. The Morgan fingerprint density at radius 3 is 2.60 bits per heavy atom. The van der Waals surface area contributed by atoms with Gasteiger partial charge in [-0.25, -0.2) is 19.0 Å². The van der Waals surface area contributed by atoms with E-state index >= 15 is 0 Å². The van der Waals surface area contributed by atoms with Crippen LogP contribution in [0.2, 0.25) is 0 Å². The largest absolute Gasteiger partial charge is 0.494 e. The summed E-state index contributed by atoms with van der Waals surface area (Å²) in [6.45, 7) is 3.57. The Balaban J connectivity index is 1.53. The molecule has 2 unspecified atom stereocenters. The van der Waals surface area contributed by atoms with E-state index in [0.29, 0.717) is 46.7 Å². The first-order valence-electron chi connectivity index (χ1n) is 11.2. The summed E-state index contributed by atoms with van der Waals surface area (Å²) in [5.74, 6) is 1.65. The molecule has 9 nitrogen and oxygen atoms in total. The Morgan fingerprint density at radius 2 is 1.94 bits per heavy atom. The molecule has 1 aliphatic carbocycles. The first kappa shape index (κ1) is 22.7. The summed E-state index contributed by atoms with van der Waals surface area (Å²) in [7, 11) is 3.35. The Labute approximate surface area is 202 Å². The minimum absolute atomic E-state index is 0.205. The molecule has 0 amide bonds. The molecule has 0 spiro atoms. The number of methoxy groups -OCH3 is 1. The normalized spacial score (nSPS) is 18.9. The highest BCUT2D eigenvalue weighted by molar-refractivity contribution is 5.65. The van der Waals surface area contributed by atoms with Crippen LogP contribution in [0.3, 0.4) is 0 Å². The van der Waals surface area contributed by atoms with Crippen molar-refractivity contribution in [2.24, 2.45) is 0 Å². The number of fused-ring (bicyclic) bond motifs is 1. The van der Waals surface area contributed by atoms with E-state index < -0.39 is 5.60 Å². The summed E-state index contributed by atoms with van der Waals surface area (Å²) >= 11 is 0. The van der Waals surface area contributed by atoms with Gasteiger partial charge in [-0.1, -0.05) is 12.1 Å². The Morgan fingerprint density at radius 1 is 1.17 bits per heavy atom. The molecule has 5 rings (SSSR count). The van der Waals surface area contributed by atoms with E-state index in [4.69, 9.17) is 9.72 Å². The van der Waals surface area contributed by atoms with Crippen LogP contribution >= 0.6 is 0 Å². The zero-order valence-electron chi connectivity index (χ0n) is 19.9. The quantitative estimate of drug-likeness (QED) is 0.383. The number of anilines is 3. The number of nitrogens with zero attached hydrogens (tertiary/aromatic N) is 5. The van der Waals surface area contributed by atoms with Gasteiger partial charge < -0.3 is 20.5 Å². The highest BCUT2D eigenvalue weighted by atomic mass is 19.1. The number of benzene rings is 2. The minimum atomic E-state index is -1.13. The molecule has 3 N–H and O–H groups in total. The molecule has 0 saturated carbocycles. The molecule has 0 fully saturated rings. The van der Waals surface area contributed by atoms with Gasteiger partial charge in [0.05, 0.1) is 18.4 Å². The third kappa shape index (κ3) is 4.17. The number of aliphatic hydroxyl groups is 1. The van der Waals surface area contributed by atoms with Crippen molar-refractivity contribution in [2.75, 3.05) is 24.8 Å². The van der Waals surface area contributed by atoms with Crippen molar-refractivity contribution < 1.29 is 14.2 Å². The van der Waals surface area contributed by atoms with E-state index in [2.05, 4.69) is 25.7 Å². The molecular weight excluding hydrogens is 449 g/mol. The molecule has 1 aliphatic rings. The Kier molecular flexibility index (Phi) is 5.60. The van der Waals surface area contributed by atoms with Gasteiger partial charge in [0, 0.05) is 30.3 Å². The van der Waals surface area contributed by atoms with Gasteiger partial charge in [0.2, 0.25) is 5.95 Å². The fraction of sp³-hybridized carbons (Fsp3) is 0.280. The lowest BCUT2D eigenvalue weighted by Gasteiger charge is -2.20. The van der Waals surface area contributed by atoms with Crippen LogP contribution < -0.4 is 15.4 Å². The second-order valence-corrected chi connectivity index (χ2v) is 8.74. The van der Waals surface area contributed by atoms with Crippen LogP contribution in [-0.2, 0) is 5.60 Å². The molecular formula is C25H26FN7O2. The van der Waals surface area contributed by atoms with E-state index in [0.717, 1.165) is 11.3 Å². The first-order chi connectivity index (χ1) is 16.8. The van der Waals surface area contributed by atoms with Crippen molar-refractivity contribution >= 4 is 17.5 Å². The van der Waals surface area contributed by atoms with Gasteiger partial charge in [-0.2, -0.15) is 10.1 Å². The SMILES string of the molecule is CNc1nc(Nc2ccc(-n3cnc(C)n3)c(OC)c2)nc2c1C(C)(O)CC2c1ccc(F)cc1. The molecule has 2 aromatic carbocycles. The van der Waals surface area contributed by atoms with Gasteiger partial charge in [0.15, 0.2) is 0 Å². The smallest absolute Gasteiger partial charge is 0.229 e. The van der Waals surface area contributed by atoms with Crippen LogP contribution in [0.25, 0.3) is 5.69 Å². The standard InChI is InChI=1S/C25H26FN7O2/c1-14-28-13-33(32-14)19-10-9-17(11-20(19)35-4)29-24-30-22-18(15-5-7-16(26)8-6-15)12-25(2,34)21(22)23(27-3)31-24/h5-11,13,18,34H,12H2,1-4H3,(H2,27,29,30,31). The van der Waals surface area contributed by atoms with E-state index in [1.54, 1.807) is 44.2 Å². The molecule has 2 heterocycles. The van der Waals surface area contributed by atoms with Crippen LogP contribution in [0.1, 0.15) is 41.9 Å². The molecule has 2 atom stereocenters. The van der Waals surface area contributed by atoms with Crippen LogP contribution in [0, 0.1) is 12.7 Å². The van der Waals surface area contributed by atoms with Gasteiger partial charge in [-0.3, -0.25) is 0 Å². The van der Waals surface area contributed by atoms with E-state index in [9.17, 15) is 9.50 Å². The summed E-state index contributed by atoms with van der Waals surface area (Å²) in [6, 6.07) is 11.9. The van der Waals surface area contributed by atoms with Crippen LogP contribution in [0.5, 0.6) is 5.75 Å². The zero-order chi connectivity index (χ0) is 24.7. The Hall–Kier alpha value is -4.05. The molecule has 2 aromatic heterocycles. The summed E-state index contributed by atoms with van der Waals surface area (Å²) in [5.41, 5.74) is 2.56. The molecule has 35 heavy (non-hydrogen) atoms. The maximum absolute atomic E-state index is 13.5. The van der Waals surface area contributed by atoms with Crippen LogP contribution in [0.15, 0.2) is 48.8 Å². The lowest BCUT2D eigenvalue weighted by atomic mass is 9.94. The fourth-order valence-corrected chi connectivity index (χ4v) is 4.60. The molecule has 180 valence electrons. The number of aromatic nitrogens is 5. The number of rotatable bonds is 6. The van der Waals surface area contributed by atoms with E-state index in [-0.39, 0.29) is 11.7 Å². The number of hydrogen-bond donors (Lipinski definition) is 3. The van der Waals surface area contributed by atoms with Crippen molar-refractivity contribution in [3.05, 3.63) is 77.3 Å². The second-order valence-electron chi connectivity index (χ2n) is 8.74. The maximum atomic E-state index is 13.5. The lowest BCUT2D eigenvalue weighted by molar-refractivity contribution is 0.0568. The van der Waals surface area contributed by atoms with Crippen molar-refractivity contribution in [1.29, 1.82) is 0 Å². The fourth-order valence-electron chi connectivity index (χ4n) is 4.60. The van der Waals surface area contributed by atoms with Gasteiger partial charge >= 0.3 is 0 Å². The zero-order valence-corrected chi connectivity index (χ0v) is 19.9. The third-order valence-electron chi connectivity index (χ3n) is 6.21. The summed E-state index contributed by atoms with van der Waals surface area (Å²) in [5, 5.41) is 21.9. The molecule has 10 heteroatoms. The number of halogens is 1. The molecule has 0 saturated heterocycles. The highest BCUT2D eigenvalue weighted by Gasteiger charge is 2.43. The summed E-state index contributed by atoms with van der Waals surface area (Å²) < 4.78 is 20.8. The van der Waals surface area contributed by atoms with E-state index in [1.165, 1.54) is 12.1 Å². The van der Waals surface area contributed by atoms with Crippen LogP contribution in [0.4, 0.5) is 21.8 Å². The van der Waals surface area contributed by atoms with Crippen molar-refractivity contribution in [1.82, 2.24) is 24.7 Å². The van der Waals surface area contributed by atoms with Crippen molar-refractivity contribution in [2.45, 2.75) is 31.8 Å². The third-order valence-corrected chi connectivity index (χ3v) is 6.21. The number of ether oxygens (including phenoxy) is 1. The van der Waals surface area contributed by atoms with Gasteiger partial charge in [0.1, 0.15) is 35.2 Å².